The average Bonchev–Trinajstić information content (AvgIpc) is 2.73. The van der Waals surface area contributed by atoms with E-state index in [9.17, 15) is 0 Å². The van der Waals surface area contributed by atoms with Crippen molar-refractivity contribution in [3.05, 3.63) is 124 Å². The molecule has 1 heteroatoms. The maximum Gasteiger partial charge on any atom is 0.242 e. The van der Waals surface area contributed by atoms with Crippen molar-refractivity contribution < 1.29 is 0 Å². The summed E-state index contributed by atoms with van der Waals surface area (Å²) < 4.78 is 0. The molecule has 0 amide bonds. The highest BCUT2D eigenvalue weighted by Crippen LogP contribution is 2.33. The van der Waals surface area contributed by atoms with E-state index in [1.807, 2.05) is 0 Å². The van der Waals surface area contributed by atoms with Gasteiger partial charge in [0.15, 0.2) is 0 Å². The summed E-state index contributed by atoms with van der Waals surface area (Å²) in [5, 5.41) is 0. The van der Waals surface area contributed by atoms with Crippen molar-refractivity contribution >= 4 is 23.1 Å². The lowest BCUT2D eigenvalue weighted by Gasteiger charge is -2.34. The van der Waals surface area contributed by atoms with E-state index in [0.717, 1.165) is 0 Å². The fourth-order valence-electron chi connectivity index (χ4n) is 5.37. The molecule has 0 aromatic heterocycles. The highest BCUT2D eigenvalue weighted by molar-refractivity contribution is 6.97. The second kappa shape index (κ2) is 7.08. The van der Waals surface area contributed by atoms with Crippen LogP contribution in [-0.2, 0) is 0 Å². The van der Waals surface area contributed by atoms with Crippen LogP contribution in [0.3, 0.4) is 0 Å². The Morgan fingerprint density at radius 2 is 1.07 bits per heavy atom. The molecule has 0 unspecified atom stereocenters. The third-order valence-corrected chi connectivity index (χ3v) is 6.40. The standard InChI is InChI=1S/C28H25B/c1-19-17-20(2)28(21(3)18-19)29-25-15-9-7-13-23(25)27(22-11-5-4-6-12-22)24-14-8-10-16-26(24)29/h4-18,27H,1-3H3. The molecule has 4 aromatic rings. The van der Waals surface area contributed by atoms with Crippen molar-refractivity contribution in [3.8, 4) is 0 Å². The molecule has 0 aliphatic carbocycles. The summed E-state index contributed by atoms with van der Waals surface area (Å²) in [7, 11) is 0. The Kier molecular flexibility index (Phi) is 4.40. The molecule has 0 saturated carbocycles. The van der Waals surface area contributed by atoms with Crippen LogP contribution in [0.15, 0.2) is 91.0 Å². The van der Waals surface area contributed by atoms with Gasteiger partial charge in [-0.2, -0.15) is 0 Å². The zero-order valence-corrected chi connectivity index (χ0v) is 17.3. The number of aryl methyl sites for hydroxylation is 3. The fourth-order valence-corrected chi connectivity index (χ4v) is 5.37. The van der Waals surface area contributed by atoms with E-state index < -0.39 is 0 Å². The third-order valence-electron chi connectivity index (χ3n) is 6.40. The first-order chi connectivity index (χ1) is 14.1. The van der Waals surface area contributed by atoms with Crippen LogP contribution in [0.2, 0.25) is 0 Å². The largest absolute Gasteiger partial charge is 0.242 e. The normalized spacial score (nSPS) is 13.1. The minimum Gasteiger partial charge on any atom is -0.0667 e. The van der Waals surface area contributed by atoms with E-state index in [2.05, 4.69) is 112 Å². The minimum absolute atomic E-state index is 0.281. The Morgan fingerprint density at radius 1 is 0.586 bits per heavy atom. The Hall–Kier alpha value is -3.06. The van der Waals surface area contributed by atoms with Gasteiger partial charge in [0.2, 0.25) is 6.71 Å². The van der Waals surface area contributed by atoms with Crippen LogP contribution in [0.4, 0.5) is 0 Å². The molecule has 140 valence electrons. The number of benzene rings is 4. The van der Waals surface area contributed by atoms with Gasteiger partial charge in [-0.3, -0.25) is 0 Å². The maximum atomic E-state index is 2.34. The Balaban J connectivity index is 1.83. The van der Waals surface area contributed by atoms with Crippen LogP contribution in [0.25, 0.3) is 0 Å². The van der Waals surface area contributed by atoms with Crippen LogP contribution in [0.1, 0.15) is 39.3 Å². The highest BCUT2D eigenvalue weighted by Gasteiger charge is 2.37. The summed E-state index contributed by atoms with van der Waals surface area (Å²) in [6, 6.07) is 33.7. The molecule has 29 heavy (non-hydrogen) atoms. The van der Waals surface area contributed by atoms with E-state index in [4.69, 9.17) is 0 Å². The van der Waals surface area contributed by atoms with Gasteiger partial charge in [-0.05, 0) is 37.5 Å². The van der Waals surface area contributed by atoms with Crippen LogP contribution in [0.5, 0.6) is 0 Å². The first-order valence-electron chi connectivity index (χ1n) is 10.5. The summed E-state index contributed by atoms with van der Waals surface area (Å²) in [5.41, 5.74) is 12.7. The smallest absolute Gasteiger partial charge is 0.0667 e. The summed E-state index contributed by atoms with van der Waals surface area (Å²) in [6.07, 6.45) is 0. The first-order valence-corrected chi connectivity index (χ1v) is 10.5. The Morgan fingerprint density at radius 3 is 1.62 bits per heavy atom. The Bertz CT molecular complexity index is 1120. The lowest BCUT2D eigenvalue weighted by atomic mass is 9.31. The fraction of sp³-hybridized carbons (Fsp3) is 0.143. The molecule has 1 heterocycles. The van der Waals surface area contributed by atoms with Crippen molar-refractivity contribution in [3.63, 3.8) is 0 Å². The van der Waals surface area contributed by atoms with E-state index >= 15 is 0 Å². The number of fused-ring (bicyclic) bond motifs is 2. The van der Waals surface area contributed by atoms with Gasteiger partial charge in [-0.25, -0.2) is 0 Å². The number of hydrogen-bond acceptors (Lipinski definition) is 0. The zero-order chi connectivity index (χ0) is 20.0. The second-order valence-electron chi connectivity index (χ2n) is 8.35. The van der Waals surface area contributed by atoms with E-state index in [1.54, 1.807) is 0 Å². The van der Waals surface area contributed by atoms with Gasteiger partial charge in [0, 0.05) is 5.92 Å². The summed E-state index contributed by atoms with van der Waals surface area (Å²) >= 11 is 0. The maximum absolute atomic E-state index is 2.34. The second-order valence-corrected chi connectivity index (χ2v) is 8.35. The Labute approximate surface area is 174 Å². The molecular formula is C28H25B. The van der Waals surface area contributed by atoms with Crippen molar-refractivity contribution in [1.29, 1.82) is 0 Å². The molecular weight excluding hydrogens is 347 g/mol. The molecule has 0 radical (unpaired) electrons. The van der Waals surface area contributed by atoms with Crippen molar-refractivity contribution in [2.24, 2.45) is 0 Å². The van der Waals surface area contributed by atoms with E-state index in [0.29, 0.717) is 0 Å². The van der Waals surface area contributed by atoms with Gasteiger partial charge >= 0.3 is 0 Å². The van der Waals surface area contributed by atoms with Gasteiger partial charge < -0.3 is 0 Å². The number of rotatable bonds is 2. The van der Waals surface area contributed by atoms with Crippen molar-refractivity contribution in [1.82, 2.24) is 0 Å². The lowest BCUT2D eigenvalue weighted by molar-refractivity contribution is 0.986. The third kappa shape index (κ3) is 2.93. The molecule has 0 saturated heterocycles. The minimum atomic E-state index is 0.281. The topological polar surface area (TPSA) is 0 Å². The predicted octanol–water partition coefficient (Wildman–Crippen LogP) is 4.62. The SMILES string of the molecule is Cc1cc(C)c(B2c3ccccc3C(c3ccccc3)c3ccccc32)c(C)c1. The molecule has 0 atom stereocenters. The predicted molar refractivity (Wildman–Crippen MR) is 126 cm³/mol. The quantitative estimate of drug-likeness (QED) is 0.397. The molecule has 1 aliphatic heterocycles. The molecule has 4 aromatic carbocycles. The molecule has 5 rings (SSSR count). The van der Waals surface area contributed by atoms with Gasteiger partial charge in [-0.15, -0.1) is 0 Å². The highest BCUT2D eigenvalue weighted by atomic mass is 14.3. The summed E-state index contributed by atoms with van der Waals surface area (Å²) in [5.74, 6) is 0.283. The molecule has 1 aliphatic rings. The monoisotopic (exact) mass is 372 g/mol. The van der Waals surface area contributed by atoms with E-state index in [1.165, 1.54) is 49.8 Å². The molecule has 0 bridgehead atoms. The van der Waals surface area contributed by atoms with E-state index in [-0.39, 0.29) is 12.6 Å². The van der Waals surface area contributed by atoms with Crippen molar-refractivity contribution in [2.75, 3.05) is 0 Å². The summed E-state index contributed by atoms with van der Waals surface area (Å²) in [6.45, 7) is 7.01. The van der Waals surface area contributed by atoms with Crippen LogP contribution in [-0.4, -0.2) is 6.71 Å². The lowest BCUT2D eigenvalue weighted by Crippen LogP contribution is -2.59. The van der Waals surface area contributed by atoms with Gasteiger partial charge in [0.1, 0.15) is 0 Å². The molecule has 0 nitrogen and oxygen atoms in total. The van der Waals surface area contributed by atoms with Gasteiger partial charge in [0.25, 0.3) is 0 Å². The molecule has 0 N–H and O–H groups in total. The van der Waals surface area contributed by atoms with Gasteiger partial charge in [-0.1, -0.05) is 124 Å². The summed E-state index contributed by atoms with van der Waals surface area (Å²) in [4.78, 5) is 0. The van der Waals surface area contributed by atoms with Crippen LogP contribution in [0, 0.1) is 20.8 Å². The van der Waals surface area contributed by atoms with Crippen molar-refractivity contribution in [2.45, 2.75) is 26.7 Å². The van der Waals surface area contributed by atoms with Crippen LogP contribution >= 0.6 is 0 Å². The van der Waals surface area contributed by atoms with Crippen LogP contribution < -0.4 is 16.4 Å². The molecule has 0 spiro atoms. The number of hydrogen-bond donors (Lipinski definition) is 0. The first kappa shape index (κ1) is 18.0. The molecule has 0 fully saturated rings. The zero-order valence-electron chi connectivity index (χ0n) is 17.3. The van der Waals surface area contributed by atoms with Gasteiger partial charge in [0.05, 0.1) is 0 Å². The average molecular weight is 372 g/mol.